The van der Waals surface area contributed by atoms with Crippen molar-refractivity contribution in [3.63, 3.8) is 0 Å². The molecule has 0 unspecified atom stereocenters. The van der Waals surface area contributed by atoms with Crippen molar-refractivity contribution < 1.29 is 9.59 Å². The molecular weight excluding hydrogens is 572 g/mol. The molecule has 0 radical (unpaired) electrons. The van der Waals surface area contributed by atoms with Crippen molar-refractivity contribution in [1.29, 1.82) is 0 Å². The van der Waals surface area contributed by atoms with Crippen molar-refractivity contribution in [2.24, 2.45) is 17.1 Å². The van der Waals surface area contributed by atoms with Crippen LogP contribution in [0.2, 0.25) is 0 Å². The third-order valence-electron chi connectivity index (χ3n) is 9.56. The van der Waals surface area contributed by atoms with Crippen LogP contribution in [-0.4, -0.2) is 60.0 Å². The van der Waals surface area contributed by atoms with Crippen LogP contribution in [0.15, 0.2) is 66.9 Å². The molecule has 3 aromatic rings. The average Bonchev–Trinajstić information content (AvgIpc) is 3.90. The van der Waals surface area contributed by atoms with Gasteiger partial charge < -0.3 is 25.8 Å². The van der Waals surface area contributed by atoms with Gasteiger partial charge in [0.25, 0.3) is 0 Å². The Morgan fingerprint density at radius 2 is 1.59 bits per heavy atom. The quantitative estimate of drug-likeness (QED) is 0.285. The fourth-order valence-electron chi connectivity index (χ4n) is 6.90. The number of nitrogens with two attached hydrogens (primary N) is 1. The Labute approximate surface area is 274 Å². The van der Waals surface area contributed by atoms with E-state index in [4.69, 9.17) is 5.73 Å². The molecule has 8 heteroatoms. The third-order valence-corrected chi connectivity index (χ3v) is 9.56. The van der Waals surface area contributed by atoms with Crippen molar-refractivity contribution in [1.82, 2.24) is 9.88 Å². The number of aromatic nitrogens is 1. The Morgan fingerprint density at radius 1 is 0.870 bits per heavy atom. The molecule has 8 nitrogen and oxygen atoms in total. The maximum absolute atomic E-state index is 13.4. The topological polar surface area (TPSA) is 94.8 Å². The van der Waals surface area contributed by atoms with E-state index < -0.39 is 0 Å². The van der Waals surface area contributed by atoms with Gasteiger partial charge in [0.05, 0.1) is 11.4 Å². The number of anilines is 3. The van der Waals surface area contributed by atoms with Gasteiger partial charge in [-0.25, -0.2) is 4.98 Å². The predicted molar refractivity (Wildman–Crippen MR) is 187 cm³/mol. The van der Waals surface area contributed by atoms with Gasteiger partial charge in [-0.3, -0.25) is 9.59 Å². The molecule has 0 spiro atoms. The highest BCUT2D eigenvalue weighted by Gasteiger charge is 2.37. The Balaban J connectivity index is 1.23. The molecule has 1 saturated heterocycles. The fourth-order valence-corrected chi connectivity index (χ4v) is 6.90. The largest absolute Gasteiger partial charge is 0.366 e. The van der Waals surface area contributed by atoms with E-state index in [-0.39, 0.29) is 29.3 Å². The van der Waals surface area contributed by atoms with E-state index in [1.807, 2.05) is 18.3 Å². The molecule has 6 rings (SSSR count). The molecule has 3 N–H and O–H groups in total. The summed E-state index contributed by atoms with van der Waals surface area (Å²) in [5, 5.41) is 3.28. The van der Waals surface area contributed by atoms with E-state index in [0.717, 1.165) is 98.6 Å². The maximum Gasteiger partial charge on any atom is 0.226 e. The first-order chi connectivity index (χ1) is 22.1. The summed E-state index contributed by atoms with van der Waals surface area (Å²) in [5.41, 5.74) is 11.2. The zero-order chi connectivity index (χ0) is 32.3. The Morgan fingerprint density at radius 3 is 2.26 bits per heavy atom. The summed E-state index contributed by atoms with van der Waals surface area (Å²) in [6.07, 6.45) is 8.22. The van der Waals surface area contributed by atoms with Crippen molar-refractivity contribution in [2.75, 3.05) is 41.3 Å². The summed E-state index contributed by atoms with van der Waals surface area (Å²) in [4.78, 5) is 38.0. The summed E-state index contributed by atoms with van der Waals surface area (Å²) in [6.45, 7) is 10.3. The van der Waals surface area contributed by atoms with E-state index in [0.29, 0.717) is 18.9 Å². The molecule has 3 aliphatic rings. The number of nitrogens with zero attached hydrogens (tertiary/aromatic N) is 4. The minimum Gasteiger partial charge on any atom is -0.366 e. The van der Waals surface area contributed by atoms with Crippen molar-refractivity contribution in [2.45, 2.75) is 84.3 Å². The van der Waals surface area contributed by atoms with Crippen LogP contribution >= 0.6 is 0 Å². The second-order valence-electron chi connectivity index (χ2n) is 14.7. The van der Waals surface area contributed by atoms with Gasteiger partial charge in [-0.05, 0) is 91.0 Å². The lowest BCUT2D eigenvalue weighted by molar-refractivity contribution is -0.136. The zero-order valence-corrected chi connectivity index (χ0v) is 27.8. The van der Waals surface area contributed by atoms with Crippen molar-refractivity contribution >= 4 is 29.0 Å². The Bertz CT molecular complexity index is 1500. The van der Waals surface area contributed by atoms with Gasteiger partial charge in [-0.1, -0.05) is 51.1 Å². The second kappa shape index (κ2) is 13.8. The van der Waals surface area contributed by atoms with E-state index in [1.54, 1.807) is 0 Å². The fraction of sp³-hybridized carbons (Fsp3) is 0.500. The van der Waals surface area contributed by atoms with Crippen LogP contribution < -0.4 is 20.9 Å². The first-order valence-corrected chi connectivity index (χ1v) is 17.1. The molecule has 1 aliphatic heterocycles. The summed E-state index contributed by atoms with van der Waals surface area (Å²) in [6, 6.07) is 21.5. The number of rotatable bonds is 9. The zero-order valence-electron chi connectivity index (χ0n) is 27.8. The molecule has 46 heavy (non-hydrogen) atoms. The van der Waals surface area contributed by atoms with Gasteiger partial charge in [0.15, 0.2) is 0 Å². The standard InChI is InChI=1S/C38H50N6O2/c1-38(2,3)25-36(45)41-33-24-30(12-17-34(33)42-19-21-43(22-20-42)35-9-4-5-18-40-35)29-8-6-7-27(23-29)26-44(37(46)28-10-11-28)32-15-13-31(39)14-16-32/h4-9,12,17-18,23-24,28,31-32H,10-11,13-16,19-22,25-26,39H2,1-3H3,(H,41,45). The van der Waals surface area contributed by atoms with E-state index in [9.17, 15) is 9.59 Å². The molecule has 2 amide bonds. The molecule has 1 aromatic heterocycles. The Kier molecular flexibility index (Phi) is 9.64. The number of carbonyl (C=O) groups is 2. The van der Waals surface area contributed by atoms with E-state index >= 15 is 0 Å². The highest BCUT2D eigenvalue weighted by Crippen LogP contribution is 2.36. The molecular formula is C38H50N6O2. The van der Waals surface area contributed by atoms with Gasteiger partial charge in [-0.2, -0.15) is 0 Å². The van der Waals surface area contributed by atoms with Crippen LogP contribution in [0.1, 0.15) is 71.3 Å². The normalized spacial score (nSPS) is 20.3. The third kappa shape index (κ3) is 8.08. The number of amides is 2. The number of pyridine rings is 1. The number of hydrogen-bond acceptors (Lipinski definition) is 6. The van der Waals surface area contributed by atoms with Crippen LogP contribution in [-0.2, 0) is 16.1 Å². The number of nitrogens with one attached hydrogen (secondary N) is 1. The van der Waals surface area contributed by atoms with Gasteiger partial charge in [0.2, 0.25) is 11.8 Å². The second-order valence-corrected chi connectivity index (χ2v) is 14.7. The summed E-state index contributed by atoms with van der Waals surface area (Å²) < 4.78 is 0. The SMILES string of the molecule is CC(C)(C)CC(=O)Nc1cc(-c2cccc(CN(C(=O)C3CC3)C3CCC(N)CC3)c2)ccc1N1CCN(c2ccccn2)CC1. The first-order valence-electron chi connectivity index (χ1n) is 17.1. The summed E-state index contributed by atoms with van der Waals surface area (Å²) in [5.74, 6) is 1.52. The predicted octanol–water partition coefficient (Wildman–Crippen LogP) is 6.46. The van der Waals surface area contributed by atoms with Crippen LogP contribution in [0.5, 0.6) is 0 Å². The first kappa shape index (κ1) is 32.0. The van der Waals surface area contributed by atoms with Gasteiger partial charge in [0.1, 0.15) is 5.82 Å². The lowest BCUT2D eigenvalue weighted by Crippen LogP contribution is -2.47. The van der Waals surface area contributed by atoms with Crippen LogP contribution in [0.25, 0.3) is 11.1 Å². The number of benzene rings is 2. The van der Waals surface area contributed by atoms with Crippen molar-refractivity contribution in [3.8, 4) is 11.1 Å². The van der Waals surface area contributed by atoms with Crippen LogP contribution in [0.3, 0.4) is 0 Å². The number of carbonyl (C=O) groups excluding carboxylic acids is 2. The highest BCUT2D eigenvalue weighted by atomic mass is 16.2. The summed E-state index contributed by atoms with van der Waals surface area (Å²) >= 11 is 0. The number of piperazine rings is 1. The highest BCUT2D eigenvalue weighted by molar-refractivity contribution is 5.96. The number of hydrogen-bond donors (Lipinski definition) is 2. The summed E-state index contributed by atoms with van der Waals surface area (Å²) in [7, 11) is 0. The Hall–Kier alpha value is -3.91. The van der Waals surface area contributed by atoms with Crippen LogP contribution in [0.4, 0.5) is 17.2 Å². The molecule has 2 aromatic carbocycles. The van der Waals surface area contributed by atoms with Gasteiger partial charge in [0, 0.05) is 63.3 Å². The molecule has 3 fully saturated rings. The lowest BCUT2D eigenvalue weighted by atomic mass is 9.90. The molecule has 244 valence electrons. The van der Waals surface area contributed by atoms with Crippen molar-refractivity contribution in [3.05, 3.63) is 72.4 Å². The average molecular weight is 623 g/mol. The molecule has 0 bridgehead atoms. The lowest BCUT2D eigenvalue weighted by Gasteiger charge is -2.37. The van der Waals surface area contributed by atoms with Gasteiger partial charge in [-0.15, -0.1) is 0 Å². The van der Waals surface area contributed by atoms with E-state index in [2.05, 4.69) is 94.3 Å². The molecule has 2 aliphatic carbocycles. The van der Waals surface area contributed by atoms with E-state index in [1.165, 1.54) is 0 Å². The minimum atomic E-state index is -0.113. The monoisotopic (exact) mass is 622 g/mol. The van der Waals surface area contributed by atoms with Gasteiger partial charge >= 0.3 is 0 Å². The smallest absolute Gasteiger partial charge is 0.226 e. The minimum absolute atomic E-state index is 0.0215. The molecule has 2 saturated carbocycles. The van der Waals surface area contributed by atoms with Crippen LogP contribution in [0, 0.1) is 11.3 Å². The molecule has 2 heterocycles. The molecule has 0 atom stereocenters. The maximum atomic E-state index is 13.4.